The lowest BCUT2D eigenvalue weighted by Crippen LogP contribution is -2.41. The Morgan fingerprint density at radius 2 is 2.00 bits per heavy atom. The third-order valence-corrected chi connectivity index (χ3v) is 6.06. The van der Waals surface area contributed by atoms with Crippen molar-refractivity contribution in [2.24, 2.45) is 0 Å². The molecular formula is C23H26N4O2. The summed E-state index contributed by atoms with van der Waals surface area (Å²) in [6, 6.07) is 14.2. The first-order valence-corrected chi connectivity index (χ1v) is 10.3. The number of carbonyl (C=O) groups excluding carboxylic acids is 2. The number of rotatable bonds is 4. The molecule has 2 fully saturated rings. The first kappa shape index (κ1) is 19.4. The van der Waals surface area contributed by atoms with Crippen molar-refractivity contribution in [1.82, 2.24) is 9.80 Å². The molecule has 6 nitrogen and oxygen atoms in total. The number of anilines is 1. The van der Waals surface area contributed by atoms with Crippen LogP contribution in [0.25, 0.3) is 10.8 Å². The van der Waals surface area contributed by atoms with Crippen LogP contribution in [0.5, 0.6) is 0 Å². The lowest BCUT2D eigenvalue weighted by molar-refractivity contribution is -0.132. The molecule has 0 aromatic heterocycles. The van der Waals surface area contributed by atoms with Gasteiger partial charge in [-0.25, -0.2) is 0 Å². The molecule has 2 saturated heterocycles. The van der Waals surface area contributed by atoms with Crippen LogP contribution >= 0.6 is 0 Å². The van der Waals surface area contributed by atoms with Gasteiger partial charge < -0.3 is 10.2 Å². The Morgan fingerprint density at radius 3 is 2.79 bits per heavy atom. The Balaban J connectivity index is 1.52. The molecule has 2 amide bonds. The highest BCUT2D eigenvalue weighted by Gasteiger charge is 2.32. The Kier molecular flexibility index (Phi) is 5.50. The fourth-order valence-corrected chi connectivity index (χ4v) is 4.66. The predicted molar refractivity (Wildman–Crippen MR) is 112 cm³/mol. The fraction of sp³-hybridized carbons (Fsp3) is 0.435. The third kappa shape index (κ3) is 3.96. The first-order valence-electron chi connectivity index (χ1n) is 10.3. The van der Waals surface area contributed by atoms with Gasteiger partial charge in [-0.05, 0) is 42.7 Å². The number of hydrogen-bond acceptors (Lipinski definition) is 4. The Labute approximate surface area is 171 Å². The summed E-state index contributed by atoms with van der Waals surface area (Å²) in [5.74, 6) is 0.235. The zero-order valence-electron chi connectivity index (χ0n) is 16.7. The average molecular weight is 390 g/mol. The summed E-state index contributed by atoms with van der Waals surface area (Å²) >= 11 is 0. The molecule has 2 atom stereocenters. The average Bonchev–Trinajstić information content (AvgIpc) is 3.37. The Hall–Kier alpha value is -2.91. The molecule has 29 heavy (non-hydrogen) atoms. The van der Waals surface area contributed by atoms with Crippen LogP contribution in [0.15, 0.2) is 36.4 Å². The molecule has 0 spiro atoms. The van der Waals surface area contributed by atoms with Crippen LogP contribution in [0.4, 0.5) is 5.69 Å². The summed E-state index contributed by atoms with van der Waals surface area (Å²) in [6.45, 7) is 4.20. The number of fused-ring (bicyclic) bond motifs is 1. The molecule has 0 unspecified atom stereocenters. The zero-order valence-corrected chi connectivity index (χ0v) is 16.7. The second-order valence-corrected chi connectivity index (χ2v) is 8.03. The lowest BCUT2D eigenvalue weighted by Gasteiger charge is -2.23. The number of amides is 2. The third-order valence-electron chi connectivity index (χ3n) is 6.06. The molecule has 4 rings (SSSR count). The van der Waals surface area contributed by atoms with E-state index < -0.39 is 0 Å². The second-order valence-electron chi connectivity index (χ2n) is 8.03. The minimum Gasteiger partial charge on any atom is -0.326 e. The van der Waals surface area contributed by atoms with E-state index in [9.17, 15) is 14.9 Å². The van der Waals surface area contributed by atoms with E-state index in [0.717, 1.165) is 54.4 Å². The standard InChI is InChI=1S/C23H26N4O2/c1-16(28)25-23-20-7-3-2-5-17(20)8-9-21(23)18-10-12-26(14-18)15-22(29)27-11-4-6-19(27)13-24/h2-3,5,7-9,18-19H,4,6,10-12,14-15H2,1H3,(H,25,28)/t18-,19+/m1/s1. The van der Waals surface area contributed by atoms with Gasteiger partial charge in [0.1, 0.15) is 6.04 Å². The van der Waals surface area contributed by atoms with Crippen molar-refractivity contribution in [3.63, 3.8) is 0 Å². The number of benzene rings is 2. The van der Waals surface area contributed by atoms with E-state index in [1.165, 1.54) is 6.92 Å². The van der Waals surface area contributed by atoms with Gasteiger partial charge in [0, 0.05) is 25.4 Å². The van der Waals surface area contributed by atoms with Crippen molar-refractivity contribution in [3.05, 3.63) is 42.0 Å². The van der Waals surface area contributed by atoms with Crippen LogP contribution in [0, 0.1) is 11.3 Å². The van der Waals surface area contributed by atoms with Crippen LogP contribution in [-0.2, 0) is 9.59 Å². The van der Waals surface area contributed by atoms with Gasteiger partial charge in [-0.1, -0.05) is 36.4 Å². The summed E-state index contributed by atoms with van der Waals surface area (Å²) in [7, 11) is 0. The lowest BCUT2D eigenvalue weighted by atomic mass is 9.93. The molecule has 0 saturated carbocycles. The zero-order chi connectivity index (χ0) is 20.4. The van der Waals surface area contributed by atoms with E-state index >= 15 is 0 Å². The minimum absolute atomic E-state index is 0.0512. The molecule has 1 N–H and O–H groups in total. The summed E-state index contributed by atoms with van der Waals surface area (Å²) in [5.41, 5.74) is 2.02. The van der Waals surface area contributed by atoms with Crippen molar-refractivity contribution >= 4 is 28.3 Å². The van der Waals surface area contributed by atoms with E-state index in [0.29, 0.717) is 13.1 Å². The first-order chi connectivity index (χ1) is 14.1. The molecule has 2 aromatic carbocycles. The molecule has 2 aromatic rings. The van der Waals surface area contributed by atoms with Crippen molar-refractivity contribution < 1.29 is 9.59 Å². The highest BCUT2D eigenvalue weighted by molar-refractivity contribution is 6.03. The van der Waals surface area contributed by atoms with Crippen molar-refractivity contribution in [2.45, 2.75) is 38.1 Å². The van der Waals surface area contributed by atoms with Crippen LogP contribution in [-0.4, -0.2) is 53.8 Å². The van der Waals surface area contributed by atoms with E-state index in [-0.39, 0.29) is 23.8 Å². The molecule has 2 aliphatic heterocycles. The molecular weight excluding hydrogens is 364 g/mol. The molecule has 0 aliphatic carbocycles. The maximum absolute atomic E-state index is 12.7. The summed E-state index contributed by atoms with van der Waals surface area (Å²) in [5, 5.41) is 14.4. The predicted octanol–water partition coefficient (Wildman–Crippen LogP) is 3.10. The van der Waals surface area contributed by atoms with Crippen LogP contribution in [0.1, 0.15) is 37.7 Å². The number of likely N-dealkylation sites (tertiary alicyclic amines) is 2. The Morgan fingerprint density at radius 1 is 1.17 bits per heavy atom. The van der Waals surface area contributed by atoms with Crippen LogP contribution < -0.4 is 5.32 Å². The maximum atomic E-state index is 12.7. The van der Waals surface area contributed by atoms with Crippen molar-refractivity contribution in [3.8, 4) is 6.07 Å². The summed E-state index contributed by atoms with van der Waals surface area (Å²) in [6.07, 6.45) is 2.63. The maximum Gasteiger partial charge on any atom is 0.237 e. The molecule has 2 aliphatic rings. The molecule has 150 valence electrons. The highest BCUT2D eigenvalue weighted by atomic mass is 16.2. The molecule has 0 radical (unpaired) electrons. The molecule has 2 heterocycles. The molecule has 0 bridgehead atoms. The van der Waals surface area contributed by atoms with Gasteiger partial charge in [0.2, 0.25) is 11.8 Å². The largest absolute Gasteiger partial charge is 0.326 e. The number of nitrogens with one attached hydrogen (secondary N) is 1. The SMILES string of the molecule is CC(=O)Nc1c([C@@H]2CCN(CC(=O)N3CCC[C@H]3C#N)C2)ccc2ccccc12. The fourth-order valence-electron chi connectivity index (χ4n) is 4.66. The Bertz CT molecular complexity index is 980. The van der Waals surface area contributed by atoms with Gasteiger partial charge in [0.05, 0.1) is 18.3 Å². The van der Waals surface area contributed by atoms with Crippen LogP contribution in [0.2, 0.25) is 0 Å². The highest BCUT2D eigenvalue weighted by Crippen LogP contribution is 2.37. The summed E-state index contributed by atoms with van der Waals surface area (Å²) in [4.78, 5) is 28.4. The number of nitrogens with zero attached hydrogens (tertiary/aromatic N) is 3. The van der Waals surface area contributed by atoms with Crippen molar-refractivity contribution in [2.75, 3.05) is 31.5 Å². The monoisotopic (exact) mass is 390 g/mol. The van der Waals surface area contributed by atoms with E-state index in [1.807, 2.05) is 24.3 Å². The van der Waals surface area contributed by atoms with E-state index in [4.69, 9.17) is 0 Å². The topological polar surface area (TPSA) is 76.4 Å². The second kappa shape index (κ2) is 8.22. The minimum atomic E-state index is -0.271. The smallest absolute Gasteiger partial charge is 0.237 e. The van der Waals surface area contributed by atoms with Gasteiger partial charge >= 0.3 is 0 Å². The van der Waals surface area contributed by atoms with Crippen LogP contribution in [0.3, 0.4) is 0 Å². The van der Waals surface area contributed by atoms with Gasteiger partial charge in [0.25, 0.3) is 0 Å². The quantitative estimate of drug-likeness (QED) is 0.870. The number of hydrogen-bond donors (Lipinski definition) is 1. The van der Waals surface area contributed by atoms with Gasteiger partial charge in [0.15, 0.2) is 0 Å². The van der Waals surface area contributed by atoms with E-state index in [1.54, 1.807) is 4.90 Å². The van der Waals surface area contributed by atoms with Gasteiger partial charge in [-0.15, -0.1) is 0 Å². The van der Waals surface area contributed by atoms with Gasteiger partial charge in [-0.2, -0.15) is 5.26 Å². The summed E-state index contributed by atoms with van der Waals surface area (Å²) < 4.78 is 0. The van der Waals surface area contributed by atoms with Gasteiger partial charge in [-0.3, -0.25) is 14.5 Å². The number of nitriles is 1. The molecule has 6 heteroatoms. The van der Waals surface area contributed by atoms with E-state index in [2.05, 4.69) is 28.4 Å². The number of carbonyl (C=O) groups is 2. The normalized spacial score (nSPS) is 22.0. The van der Waals surface area contributed by atoms with Crippen molar-refractivity contribution in [1.29, 1.82) is 5.26 Å².